The molecular formula is C27H34ClN3O4. The van der Waals surface area contributed by atoms with Crippen molar-refractivity contribution in [1.29, 1.82) is 0 Å². The second-order valence-electron chi connectivity index (χ2n) is 8.99. The number of imidazole rings is 1. The van der Waals surface area contributed by atoms with E-state index < -0.39 is 0 Å². The number of hydrogen-bond donors (Lipinski definition) is 1. The Bertz CT molecular complexity index is 1190. The highest BCUT2D eigenvalue weighted by Crippen LogP contribution is 2.38. The van der Waals surface area contributed by atoms with Gasteiger partial charge in [0, 0.05) is 17.8 Å². The number of carbonyl (C=O) groups is 1. The van der Waals surface area contributed by atoms with E-state index in [1.807, 2.05) is 26.0 Å². The monoisotopic (exact) mass is 499 g/mol. The van der Waals surface area contributed by atoms with Crippen molar-refractivity contribution in [2.75, 3.05) is 20.8 Å². The Morgan fingerprint density at radius 3 is 2.49 bits per heavy atom. The maximum Gasteiger partial charge on any atom is 0.255 e. The van der Waals surface area contributed by atoms with Crippen molar-refractivity contribution in [3.8, 4) is 17.2 Å². The number of rotatable bonds is 10. The van der Waals surface area contributed by atoms with Crippen LogP contribution in [0.2, 0.25) is 5.02 Å². The van der Waals surface area contributed by atoms with Crippen molar-refractivity contribution in [3.05, 3.63) is 69.8 Å². The van der Waals surface area contributed by atoms with Crippen molar-refractivity contribution < 1.29 is 19.4 Å². The van der Waals surface area contributed by atoms with Crippen molar-refractivity contribution in [2.24, 2.45) is 5.92 Å². The van der Waals surface area contributed by atoms with Gasteiger partial charge in [-0.1, -0.05) is 43.6 Å². The number of carbonyl (C=O) groups excluding carboxylic acids is 1. The molecule has 0 aliphatic rings. The molecule has 1 amide bonds. The lowest BCUT2D eigenvalue weighted by Gasteiger charge is -2.25. The number of benzene rings is 2. The molecule has 1 N–H and O–H groups in total. The molecule has 7 nitrogen and oxygen atoms in total. The molecule has 35 heavy (non-hydrogen) atoms. The third kappa shape index (κ3) is 5.90. The number of hydrogen-bond acceptors (Lipinski definition) is 5. The summed E-state index contributed by atoms with van der Waals surface area (Å²) in [7, 11) is 3.02. The molecule has 0 bridgehead atoms. The second kappa shape index (κ2) is 11.5. The van der Waals surface area contributed by atoms with E-state index in [2.05, 4.69) is 18.4 Å². The molecule has 0 atom stereocenters. The normalized spacial score (nSPS) is 11.1. The topological polar surface area (TPSA) is 76.8 Å². The van der Waals surface area contributed by atoms with Crippen molar-refractivity contribution >= 4 is 17.5 Å². The number of methoxy groups -OCH3 is 2. The SMILES string of the molecule is COc1ccc(C(=O)N(CCC(C)C)Cc2nc(C)c(C)n2Cc2ccccc2O)c(Cl)c1OC. The summed E-state index contributed by atoms with van der Waals surface area (Å²) in [5, 5.41) is 10.5. The zero-order valence-electron chi connectivity index (χ0n) is 21.3. The average Bonchev–Trinajstić information content (AvgIpc) is 3.09. The number of phenolic OH excluding ortho intramolecular Hbond substituents is 1. The quantitative estimate of drug-likeness (QED) is 0.392. The number of aryl methyl sites for hydroxylation is 1. The van der Waals surface area contributed by atoms with Crippen LogP contribution in [-0.2, 0) is 13.1 Å². The maximum atomic E-state index is 13.7. The number of amides is 1. The van der Waals surface area contributed by atoms with Crippen LogP contribution in [0.15, 0.2) is 36.4 Å². The summed E-state index contributed by atoms with van der Waals surface area (Å²) in [6.45, 7) is 9.50. The molecule has 0 spiro atoms. The summed E-state index contributed by atoms with van der Waals surface area (Å²) in [5.41, 5.74) is 3.01. The van der Waals surface area contributed by atoms with Crippen molar-refractivity contribution in [1.82, 2.24) is 14.5 Å². The first-order chi connectivity index (χ1) is 16.7. The molecule has 1 aromatic heterocycles. The summed E-state index contributed by atoms with van der Waals surface area (Å²) in [6, 6.07) is 10.6. The summed E-state index contributed by atoms with van der Waals surface area (Å²) < 4.78 is 12.8. The van der Waals surface area contributed by atoms with Gasteiger partial charge < -0.3 is 24.0 Å². The van der Waals surface area contributed by atoms with E-state index in [0.717, 1.165) is 29.2 Å². The van der Waals surface area contributed by atoms with Gasteiger partial charge in [-0.2, -0.15) is 0 Å². The fourth-order valence-corrected chi connectivity index (χ4v) is 4.25. The first-order valence-corrected chi connectivity index (χ1v) is 12.0. The maximum absolute atomic E-state index is 13.7. The highest BCUT2D eigenvalue weighted by Gasteiger charge is 2.25. The Hall–Kier alpha value is -3.19. The van der Waals surface area contributed by atoms with Gasteiger partial charge in [0.25, 0.3) is 5.91 Å². The van der Waals surface area contributed by atoms with Gasteiger partial charge in [0.2, 0.25) is 0 Å². The molecule has 0 fully saturated rings. The van der Waals surface area contributed by atoms with E-state index in [4.69, 9.17) is 26.1 Å². The predicted octanol–water partition coefficient (Wildman–Crippen LogP) is 5.61. The Kier molecular flexibility index (Phi) is 8.67. The molecule has 3 aromatic rings. The van der Waals surface area contributed by atoms with Gasteiger partial charge in [-0.25, -0.2) is 4.98 Å². The van der Waals surface area contributed by atoms with Crippen LogP contribution in [0, 0.1) is 19.8 Å². The third-order valence-electron chi connectivity index (χ3n) is 6.17. The van der Waals surface area contributed by atoms with Gasteiger partial charge in [0.15, 0.2) is 11.5 Å². The fourth-order valence-electron chi connectivity index (χ4n) is 3.93. The van der Waals surface area contributed by atoms with Gasteiger partial charge in [0.1, 0.15) is 11.6 Å². The van der Waals surface area contributed by atoms with E-state index >= 15 is 0 Å². The fraction of sp³-hybridized carbons (Fsp3) is 0.407. The molecule has 0 saturated heterocycles. The Morgan fingerprint density at radius 1 is 1.14 bits per heavy atom. The van der Waals surface area contributed by atoms with Gasteiger partial charge in [-0.3, -0.25) is 4.79 Å². The number of phenols is 1. The van der Waals surface area contributed by atoms with Gasteiger partial charge in [0.05, 0.1) is 43.6 Å². The molecule has 188 valence electrons. The Balaban J connectivity index is 1.99. The zero-order chi connectivity index (χ0) is 25.7. The molecule has 0 saturated carbocycles. The number of ether oxygens (including phenoxy) is 2. The zero-order valence-corrected chi connectivity index (χ0v) is 22.0. The molecule has 0 unspecified atom stereocenters. The summed E-state index contributed by atoms with van der Waals surface area (Å²) in [6.07, 6.45) is 0.828. The number of aromatic hydroxyl groups is 1. The van der Waals surface area contributed by atoms with E-state index in [1.165, 1.54) is 14.2 Å². The van der Waals surface area contributed by atoms with Crippen molar-refractivity contribution in [2.45, 2.75) is 47.2 Å². The molecule has 0 aliphatic heterocycles. The van der Waals surface area contributed by atoms with Crippen molar-refractivity contribution in [3.63, 3.8) is 0 Å². The lowest BCUT2D eigenvalue weighted by molar-refractivity contribution is 0.0729. The van der Waals surface area contributed by atoms with Gasteiger partial charge >= 0.3 is 0 Å². The number of para-hydroxylation sites is 1. The summed E-state index contributed by atoms with van der Waals surface area (Å²) in [5.74, 6) is 1.98. The lowest BCUT2D eigenvalue weighted by Crippen LogP contribution is -2.33. The smallest absolute Gasteiger partial charge is 0.255 e. The number of aromatic nitrogens is 2. The first kappa shape index (κ1) is 26.4. The molecular weight excluding hydrogens is 466 g/mol. The highest BCUT2D eigenvalue weighted by molar-refractivity contribution is 6.35. The minimum absolute atomic E-state index is 0.205. The molecule has 8 heteroatoms. The minimum atomic E-state index is -0.205. The van der Waals surface area contributed by atoms with Crippen LogP contribution in [0.1, 0.15) is 53.4 Å². The van der Waals surface area contributed by atoms with Crippen LogP contribution in [0.4, 0.5) is 0 Å². The Morgan fingerprint density at radius 2 is 1.86 bits per heavy atom. The van der Waals surface area contributed by atoms with Crippen LogP contribution >= 0.6 is 11.6 Å². The van der Waals surface area contributed by atoms with E-state index in [1.54, 1.807) is 29.2 Å². The van der Waals surface area contributed by atoms with Gasteiger partial charge in [-0.05, 0) is 44.4 Å². The average molecular weight is 500 g/mol. The second-order valence-corrected chi connectivity index (χ2v) is 9.36. The first-order valence-electron chi connectivity index (χ1n) is 11.7. The Labute approximate surface area is 212 Å². The molecule has 1 heterocycles. The molecule has 0 radical (unpaired) electrons. The molecule has 2 aromatic carbocycles. The molecule has 0 aliphatic carbocycles. The van der Waals surface area contributed by atoms with Crippen LogP contribution in [-0.4, -0.2) is 46.2 Å². The highest BCUT2D eigenvalue weighted by atomic mass is 35.5. The van der Waals surface area contributed by atoms with Gasteiger partial charge in [-0.15, -0.1) is 0 Å². The lowest BCUT2D eigenvalue weighted by atomic mass is 10.1. The predicted molar refractivity (Wildman–Crippen MR) is 138 cm³/mol. The molecule has 3 rings (SSSR count). The van der Waals surface area contributed by atoms with E-state index in [9.17, 15) is 9.90 Å². The minimum Gasteiger partial charge on any atom is -0.508 e. The van der Waals surface area contributed by atoms with E-state index in [0.29, 0.717) is 42.6 Å². The summed E-state index contributed by atoms with van der Waals surface area (Å²) >= 11 is 6.58. The van der Waals surface area contributed by atoms with Crippen LogP contribution in [0.3, 0.4) is 0 Å². The van der Waals surface area contributed by atoms with Crippen LogP contribution in [0.25, 0.3) is 0 Å². The number of nitrogens with zero attached hydrogens (tertiary/aromatic N) is 3. The van der Waals surface area contributed by atoms with E-state index in [-0.39, 0.29) is 16.7 Å². The number of halogens is 1. The standard InChI is InChI=1S/C27H34ClN3O4/c1-17(2)13-14-30(27(33)21-11-12-23(34-5)26(35-6)25(21)28)16-24-29-18(3)19(4)31(24)15-20-9-7-8-10-22(20)32/h7-12,17,32H,13-16H2,1-6H3. The third-order valence-corrected chi connectivity index (χ3v) is 6.54. The van der Waals surface area contributed by atoms with Crippen LogP contribution < -0.4 is 9.47 Å². The summed E-state index contributed by atoms with van der Waals surface area (Å²) in [4.78, 5) is 20.3. The largest absolute Gasteiger partial charge is 0.508 e. The van der Waals surface area contributed by atoms with Crippen LogP contribution in [0.5, 0.6) is 17.2 Å².